The minimum atomic E-state index is 0.560. The Morgan fingerprint density at radius 2 is 1.17 bits per heavy atom. The molecule has 0 bridgehead atoms. The Hall–Kier alpha value is -0.370. The van der Waals surface area contributed by atoms with Crippen LogP contribution >= 0.6 is 22.6 Å². The second-order valence-corrected chi connectivity index (χ2v) is 6.18. The highest BCUT2D eigenvalue weighted by atomic mass is 127. The SMILES string of the molecule is ICCCCCCOCCOCCOCCOc1ccccc1. The van der Waals surface area contributed by atoms with Gasteiger partial charge in [0.15, 0.2) is 0 Å². The summed E-state index contributed by atoms with van der Waals surface area (Å²) in [5.74, 6) is 0.874. The second-order valence-electron chi connectivity index (χ2n) is 5.10. The van der Waals surface area contributed by atoms with Gasteiger partial charge in [-0.3, -0.25) is 0 Å². The lowest BCUT2D eigenvalue weighted by Crippen LogP contribution is -2.12. The van der Waals surface area contributed by atoms with Crippen LogP contribution in [0.25, 0.3) is 0 Å². The summed E-state index contributed by atoms with van der Waals surface area (Å²) in [6, 6.07) is 9.75. The summed E-state index contributed by atoms with van der Waals surface area (Å²) >= 11 is 2.42. The molecule has 23 heavy (non-hydrogen) atoms. The predicted molar refractivity (Wildman–Crippen MR) is 102 cm³/mol. The van der Waals surface area contributed by atoms with E-state index in [9.17, 15) is 0 Å². The van der Waals surface area contributed by atoms with Gasteiger partial charge in [-0.25, -0.2) is 0 Å². The van der Waals surface area contributed by atoms with Crippen molar-refractivity contribution < 1.29 is 18.9 Å². The molecule has 0 aliphatic rings. The van der Waals surface area contributed by atoms with Gasteiger partial charge in [0.25, 0.3) is 0 Å². The second kappa shape index (κ2) is 16.5. The minimum Gasteiger partial charge on any atom is -0.491 e. The molecule has 0 aliphatic heterocycles. The van der Waals surface area contributed by atoms with E-state index >= 15 is 0 Å². The van der Waals surface area contributed by atoms with E-state index in [1.54, 1.807) is 0 Å². The quantitative estimate of drug-likeness (QED) is 0.222. The van der Waals surface area contributed by atoms with Crippen molar-refractivity contribution in [1.29, 1.82) is 0 Å². The van der Waals surface area contributed by atoms with Crippen LogP contribution in [0.4, 0.5) is 0 Å². The highest BCUT2D eigenvalue weighted by molar-refractivity contribution is 14.1. The number of halogens is 1. The van der Waals surface area contributed by atoms with Crippen LogP contribution in [0.1, 0.15) is 25.7 Å². The van der Waals surface area contributed by atoms with E-state index in [-0.39, 0.29) is 0 Å². The first-order chi connectivity index (χ1) is 11.4. The fourth-order valence-corrected chi connectivity index (χ4v) is 2.47. The summed E-state index contributed by atoms with van der Waals surface area (Å²) < 4.78 is 23.2. The molecule has 0 heterocycles. The van der Waals surface area contributed by atoms with Crippen molar-refractivity contribution in [3.8, 4) is 5.75 Å². The van der Waals surface area contributed by atoms with Crippen LogP contribution in [0.3, 0.4) is 0 Å². The van der Waals surface area contributed by atoms with Crippen LogP contribution in [0, 0.1) is 0 Å². The standard InChI is InChI=1S/C18H29IO4/c19-10-6-1-2-7-11-20-12-13-21-14-15-22-16-17-23-18-8-4-3-5-9-18/h3-5,8-9H,1-2,6-7,10-17H2. The largest absolute Gasteiger partial charge is 0.491 e. The van der Waals surface area contributed by atoms with Gasteiger partial charge in [0, 0.05) is 6.61 Å². The van der Waals surface area contributed by atoms with Crippen molar-refractivity contribution in [2.24, 2.45) is 0 Å². The molecule has 0 fully saturated rings. The van der Waals surface area contributed by atoms with Crippen molar-refractivity contribution in [2.75, 3.05) is 50.7 Å². The Kier molecular flexibility index (Phi) is 14.8. The normalized spacial score (nSPS) is 10.8. The van der Waals surface area contributed by atoms with Gasteiger partial charge in [0.05, 0.1) is 33.0 Å². The third kappa shape index (κ3) is 13.7. The third-order valence-electron chi connectivity index (χ3n) is 3.16. The molecule has 0 aliphatic carbocycles. The predicted octanol–water partition coefficient (Wildman–Crippen LogP) is 4.11. The summed E-state index contributed by atoms with van der Waals surface area (Å²) in [5, 5.41) is 0. The number of hydrogen-bond donors (Lipinski definition) is 0. The molecule has 0 radical (unpaired) electrons. The molecule has 1 aromatic rings. The highest BCUT2D eigenvalue weighted by Gasteiger charge is 1.94. The lowest BCUT2D eigenvalue weighted by atomic mass is 10.2. The van der Waals surface area contributed by atoms with Crippen LogP contribution in [0.2, 0.25) is 0 Å². The lowest BCUT2D eigenvalue weighted by Gasteiger charge is -2.08. The van der Waals surface area contributed by atoms with Gasteiger partial charge in [0.2, 0.25) is 0 Å². The van der Waals surface area contributed by atoms with E-state index in [4.69, 9.17) is 18.9 Å². The number of para-hydroxylation sites is 1. The number of alkyl halides is 1. The molecule has 4 nitrogen and oxygen atoms in total. The van der Waals surface area contributed by atoms with E-state index in [1.807, 2.05) is 30.3 Å². The number of benzene rings is 1. The van der Waals surface area contributed by atoms with Gasteiger partial charge in [0.1, 0.15) is 12.4 Å². The Balaban J connectivity index is 1.72. The highest BCUT2D eigenvalue weighted by Crippen LogP contribution is 2.07. The van der Waals surface area contributed by atoms with Gasteiger partial charge in [-0.05, 0) is 29.4 Å². The van der Waals surface area contributed by atoms with Crippen molar-refractivity contribution in [2.45, 2.75) is 25.7 Å². The molecule has 0 spiro atoms. The van der Waals surface area contributed by atoms with Gasteiger partial charge in [-0.2, -0.15) is 0 Å². The first kappa shape index (κ1) is 20.7. The minimum absolute atomic E-state index is 0.560. The van der Waals surface area contributed by atoms with Crippen molar-refractivity contribution >= 4 is 22.6 Å². The van der Waals surface area contributed by atoms with E-state index in [0.717, 1.165) is 18.8 Å². The first-order valence-corrected chi connectivity index (χ1v) is 9.93. The number of unbranched alkanes of at least 4 members (excludes halogenated alkanes) is 3. The van der Waals surface area contributed by atoms with Gasteiger partial charge >= 0.3 is 0 Å². The molecule has 0 aromatic heterocycles. The van der Waals surface area contributed by atoms with E-state index in [0.29, 0.717) is 39.6 Å². The molecule has 0 saturated heterocycles. The zero-order chi connectivity index (χ0) is 16.4. The Labute approximate surface area is 154 Å². The van der Waals surface area contributed by atoms with Crippen LogP contribution in [0.15, 0.2) is 30.3 Å². The van der Waals surface area contributed by atoms with Crippen LogP contribution < -0.4 is 4.74 Å². The average molecular weight is 436 g/mol. The van der Waals surface area contributed by atoms with E-state index in [2.05, 4.69) is 22.6 Å². The van der Waals surface area contributed by atoms with Crippen LogP contribution in [0.5, 0.6) is 5.75 Å². The molecule has 0 N–H and O–H groups in total. The zero-order valence-corrected chi connectivity index (χ0v) is 16.0. The molecular formula is C18H29IO4. The molecule has 0 amide bonds. The molecule has 0 unspecified atom stereocenters. The van der Waals surface area contributed by atoms with Crippen molar-refractivity contribution in [3.05, 3.63) is 30.3 Å². The fraction of sp³-hybridized carbons (Fsp3) is 0.667. The van der Waals surface area contributed by atoms with Gasteiger partial charge in [-0.15, -0.1) is 0 Å². The Morgan fingerprint density at radius 3 is 1.83 bits per heavy atom. The number of ether oxygens (including phenoxy) is 4. The summed E-state index contributed by atoms with van der Waals surface area (Å²) in [7, 11) is 0. The Bertz CT molecular complexity index is 348. The first-order valence-electron chi connectivity index (χ1n) is 8.40. The molecule has 1 rings (SSSR count). The van der Waals surface area contributed by atoms with E-state index < -0.39 is 0 Å². The maximum Gasteiger partial charge on any atom is 0.119 e. The Morgan fingerprint density at radius 1 is 0.609 bits per heavy atom. The van der Waals surface area contributed by atoms with Gasteiger partial charge in [-0.1, -0.05) is 53.6 Å². The summed E-state index contributed by atoms with van der Waals surface area (Å²) in [5.41, 5.74) is 0. The maximum absolute atomic E-state index is 5.53. The molecule has 132 valence electrons. The fourth-order valence-electron chi connectivity index (χ4n) is 1.93. The molecular weight excluding hydrogens is 407 g/mol. The number of rotatable bonds is 16. The maximum atomic E-state index is 5.53. The smallest absolute Gasteiger partial charge is 0.119 e. The summed E-state index contributed by atoms with van der Waals surface area (Å²) in [6.45, 7) is 4.48. The van der Waals surface area contributed by atoms with Crippen LogP contribution in [-0.2, 0) is 14.2 Å². The zero-order valence-electron chi connectivity index (χ0n) is 13.9. The molecule has 1 aromatic carbocycles. The molecule has 0 atom stereocenters. The van der Waals surface area contributed by atoms with Gasteiger partial charge < -0.3 is 18.9 Å². The lowest BCUT2D eigenvalue weighted by molar-refractivity contribution is 0.00879. The van der Waals surface area contributed by atoms with Crippen molar-refractivity contribution in [3.63, 3.8) is 0 Å². The summed E-state index contributed by atoms with van der Waals surface area (Å²) in [4.78, 5) is 0. The van der Waals surface area contributed by atoms with Crippen molar-refractivity contribution in [1.82, 2.24) is 0 Å². The molecule has 0 saturated carbocycles. The monoisotopic (exact) mass is 436 g/mol. The summed E-state index contributed by atoms with van der Waals surface area (Å²) in [6.07, 6.45) is 5.05. The molecule has 5 heteroatoms. The van der Waals surface area contributed by atoms with E-state index in [1.165, 1.54) is 23.7 Å². The third-order valence-corrected chi connectivity index (χ3v) is 3.92. The topological polar surface area (TPSA) is 36.9 Å². The van der Waals surface area contributed by atoms with Crippen LogP contribution in [-0.4, -0.2) is 50.7 Å². The number of hydrogen-bond acceptors (Lipinski definition) is 4. The average Bonchev–Trinajstić information content (AvgIpc) is 2.59.